The number of allylic oxidation sites excluding steroid dienone is 1. The van der Waals surface area contributed by atoms with Crippen molar-refractivity contribution in [1.29, 1.82) is 0 Å². The van der Waals surface area contributed by atoms with Crippen molar-refractivity contribution in [1.82, 2.24) is 24.7 Å². The van der Waals surface area contributed by atoms with E-state index in [-0.39, 0.29) is 11.5 Å². The Hall–Kier alpha value is -3.24. The molecule has 4 rings (SSSR count). The number of nitrogens with zero attached hydrogens (tertiary/aromatic N) is 4. The van der Waals surface area contributed by atoms with Gasteiger partial charge < -0.3 is 14.9 Å². The fourth-order valence-corrected chi connectivity index (χ4v) is 5.51. The van der Waals surface area contributed by atoms with E-state index < -0.39 is 0 Å². The summed E-state index contributed by atoms with van der Waals surface area (Å²) in [4.78, 5) is 34.3. The zero-order valence-electron chi connectivity index (χ0n) is 18.9. The Bertz CT molecular complexity index is 1430. The van der Waals surface area contributed by atoms with Gasteiger partial charge in [-0.2, -0.15) is 0 Å². The Morgan fingerprint density at radius 2 is 2.06 bits per heavy atom. The summed E-state index contributed by atoms with van der Waals surface area (Å²) in [5, 5.41) is 12.4. The van der Waals surface area contributed by atoms with Crippen LogP contribution in [0.25, 0.3) is 10.2 Å². The van der Waals surface area contributed by atoms with Crippen molar-refractivity contribution in [2.24, 2.45) is 0 Å². The van der Waals surface area contributed by atoms with Gasteiger partial charge in [0.2, 0.25) is 0 Å². The molecule has 170 valence electrons. The summed E-state index contributed by atoms with van der Waals surface area (Å²) in [7, 11) is 0. The summed E-state index contributed by atoms with van der Waals surface area (Å²) in [5.41, 5.74) is 3.24. The lowest BCUT2D eigenvalue weighted by molar-refractivity contribution is 0.103. The van der Waals surface area contributed by atoms with Crippen LogP contribution in [-0.4, -0.2) is 30.6 Å². The Kier molecular flexibility index (Phi) is 6.48. The van der Waals surface area contributed by atoms with E-state index in [4.69, 9.17) is 0 Å². The molecule has 0 saturated carbocycles. The maximum Gasteiger partial charge on any atom is 0.266 e. The number of benzene rings is 1. The molecule has 0 saturated heterocycles. The molecule has 0 aliphatic carbocycles. The Labute approximate surface area is 199 Å². The van der Waals surface area contributed by atoms with E-state index >= 15 is 0 Å². The number of hydrogen-bond donors (Lipinski definition) is 2. The maximum absolute atomic E-state index is 13.0. The number of carbonyl (C=O) groups excluding carboxylic acids is 1. The summed E-state index contributed by atoms with van der Waals surface area (Å²) in [6.07, 6.45) is 1.78. The highest BCUT2D eigenvalue weighted by Crippen LogP contribution is 2.29. The lowest BCUT2D eigenvalue weighted by Gasteiger charge is -2.08. The highest BCUT2D eigenvalue weighted by atomic mass is 32.2. The molecule has 0 atom stereocenters. The van der Waals surface area contributed by atoms with Crippen LogP contribution in [0.3, 0.4) is 0 Å². The molecule has 4 aromatic rings. The molecule has 8 nitrogen and oxygen atoms in total. The van der Waals surface area contributed by atoms with Crippen molar-refractivity contribution in [2.75, 3.05) is 5.32 Å². The van der Waals surface area contributed by atoms with Crippen LogP contribution in [0, 0.1) is 27.7 Å². The standard InChI is InChI=1S/C23H24N6O2S2/c1-6-9-29-15(5)27-28-23(29)32-11-17-25-20(30)18-14(4)19(33-22(18)26-17)21(31)24-16-8-7-12(2)10-13(16)3/h6-8,10H,1,9,11H2,2-5H3,(H,24,31)(H,25,26,30). The van der Waals surface area contributed by atoms with Gasteiger partial charge in [-0.05, 0) is 44.9 Å². The lowest BCUT2D eigenvalue weighted by atomic mass is 10.1. The first-order valence-electron chi connectivity index (χ1n) is 10.3. The van der Waals surface area contributed by atoms with Crippen molar-refractivity contribution >= 4 is 44.9 Å². The summed E-state index contributed by atoms with van der Waals surface area (Å²) >= 11 is 2.66. The Morgan fingerprint density at radius 3 is 2.79 bits per heavy atom. The van der Waals surface area contributed by atoms with E-state index in [2.05, 4.69) is 32.1 Å². The highest BCUT2D eigenvalue weighted by Gasteiger charge is 2.20. The molecule has 2 N–H and O–H groups in total. The number of carbonyl (C=O) groups is 1. The maximum atomic E-state index is 13.0. The molecule has 0 unspecified atom stereocenters. The van der Waals surface area contributed by atoms with Gasteiger partial charge in [-0.15, -0.1) is 28.1 Å². The van der Waals surface area contributed by atoms with Gasteiger partial charge >= 0.3 is 0 Å². The third kappa shape index (κ3) is 4.62. The number of H-pyrrole nitrogens is 1. The van der Waals surface area contributed by atoms with Crippen molar-refractivity contribution < 1.29 is 4.79 Å². The average molecular weight is 481 g/mol. The fourth-order valence-electron chi connectivity index (χ4n) is 3.55. The molecule has 0 spiro atoms. The van der Waals surface area contributed by atoms with E-state index in [1.165, 1.54) is 23.1 Å². The minimum absolute atomic E-state index is 0.245. The predicted octanol–water partition coefficient (Wildman–Crippen LogP) is 4.54. The minimum atomic E-state index is -0.251. The van der Waals surface area contributed by atoms with Crippen LogP contribution in [0.1, 0.15) is 38.0 Å². The monoisotopic (exact) mass is 480 g/mol. The van der Waals surface area contributed by atoms with Gasteiger partial charge in [-0.3, -0.25) is 9.59 Å². The summed E-state index contributed by atoms with van der Waals surface area (Å²) in [6.45, 7) is 12.0. The first-order valence-corrected chi connectivity index (χ1v) is 12.1. The second-order valence-electron chi connectivity index (χ2n) is 7.74. The molecule has 0 radical (unpaired) electrons. The van der Waals surface area contributed by atoms with E-state index in [1.54, 1.807) is 13.0 Å². The summed E-state index contributed by atoms with van der Waals surface area (Å²) in [5.74, 6) is 1.49. The zero-order valence-corrected chi connectivity index (χ0v) is 20.5. The zero-order chi connectivity index (χ0) is 23.7. The van der Waals surface area contributed by atoms with Crippen molar-refractivity contribution in [3.05, 3.63) is 74.4 Å². The molecule has 10 heteroatoms. The van der Waals surface area contributed by atoms with Gasteiger partial charge in [0.15, 0.2) is 5.16 Å². The minimum Gasteiger partial charge on any atom is -0.321 e. The van der Waals surface area contributed by atoms with Gasteiger partial charge in [0.25, 0.3) is 11.5 Å². The van der Waals surface area contributed by atoms with Crippen LogP contribution >= 0.6 is 23.1 Å². The molecule has 3 aromatic heterocycles. The fraction of sp³-hybridized carbons (Fsp3) is 0.261. The Balaban J connectivity index is 1.60. The highest BCUT2D eigenvalue weighted by molar-refractivity contribution is 7.98. The van der Waals surface area contributed by atoms with Crippen LogP contribution in [0.15, 0.2) is 40.8 Å². The Morgan fingerprint density at radius 1 is 1.27 bits per heavy atom. The average Bonchev–Trinajstić information content (AvgIpc) is 3.29. The number of hydrogen-bond acceptors (Lipinski definition) is 7. The summed E-state index contributed by atoms with van der Waals surface area (Å²) < 4.78 is 1.94. The number of amides is 1. The molecule has 0 fully saturated rings. The first-order chi connectivity index (χ1) is 15.8. The number of aromatic amines is 1. The second kappa shape index (κ2) is 9.32. The van der Waals surface area contributed by atoms with E-state index in [0.29, 0.717) is 38.8 Å². The van der Waals surface area contributed by atoms with Crippen molar-refractivity contribution in [3.63, 3.8) is 0 Å². The number of nitrogens with one attached hydrogen (secondary N) is 2. The molecule has 0 aliphatic rings. The second-order valence-corrected chi connectivity index (χ2v) is 9.68. The number of anilines is 1. The quantitative estimate of drug-likeness (QED) is 0.297. The molecule has 3 heterocycles. The molecule has 33 heavy (non-hydrogen) atoms. The number of aromatic nitrogens is 5. The topological polar surface area (TPSA) is 106 Å². The smallest absolute Gasteiger partial charge is 0.266 e. The van der Waals surface area contributed by atoms with E-state index in [1.807, 2.05) is 43.5 Å². The molecule has 0 aliphatic heterocycles. The van der Waals surface area contributed by atoms with Crippen LogP contribution in [0.5, 0.6) is 0 Å². The third-order valence-electron chi connectivity index (χ3n) is 5.24. The van der Waals surface area contributed by atoms with E-state index in [9.17, 15) is 9.59 Å². The van der Waals surface area contributed by atoms with Gasteiger partial charge in [0, 0.05) is 12.2 Å². The summed E-state index contributed by atoms with van der Waals surface area (Å²) in [6, 6.07) is 5.85. The number of aryl methyl sites for hydroxylation is 4. The number of fused-ring (bicyclic) bond motifs is 1. The van der Waals surface area contributed by atoms with Crippen LogP contribution in [0.4, 0.5) is 5.69 Å². The van der Waals surface area contributed by atoms with Crippen molar-refractivity contribution in [3.8, 4) is 0 Å². The van der Waals surface area contributed by atoms with Crippen LogP contribution < -0.4 is 10.9 Å². The van der Waals surface area contributed by atoms with Crippen LogP contribution in [-0.2, 0) is 12.3 Å². The van der Waals surface area contributed by atoms with E-state index in [0.717, 1.165) is 27.8 Å². The van der Waals surface area contributed by atoms with Gasteiger partial charge in [0.05, 0.1) is 16.0 Å². The third-order valence-corrected chi connectivity index (χ3v) is 7.40. The normalized spacial score (nSPS) is 11.2. The largest absolute Gasteiger partial charge is 0.321 e. The molecular weight excluding hydrogens is 456 g/mol. The van der Waals surface area contributed by atoms with Gasteiger partial charge in [-0.1, -0.05) is 35.5 Å². The number of rotatable bonds is 7. The predicted molar refractivity (Wildman–Crippen MR) is 133 cm³/mol. The molecule has 1 aromatic carbocycles. The molecule has 0 bridgehead atoms. The van der Waals surface area contributed by atoms with Gasteiger partial charge in [0.1, 0.15) is 16.5 Å². The SMILES string of the molecule is C=CCn1c(C)nnc1SCc1nc2sc(C(=O)Nc3ccc(C)cc3C)c(C)c2c(=O)[nH]1. The number of thiophene rings is 1. The van der Waals surface area contributed by atoms with Crippen LogP contribution in [0.2, 0.25) is 0 Å². The first kappa shape index (κ1) is 22.9. The lowest BCUT2D eigenvalue weighted by Crippen LogP contribution is -2.13. The van der Waals surface area contributed by atoms with Crippen molar-refractivity contribution in [2.45, 2.75) is 45.1 Å². The molecular formula is C23H24N6O2S2. The van der Waals surface area contributed by atoms with Gasteiger partial charge in [-0.25, -0.2) is 4.98 Å². The number of thioether (sulfide) groups is 1. The molecule has 1 amide bonds.